The molecule has 5 nitrogen and oxygen atoms in total. The number of amides is 2. The molecular formula is C22H26BrFN2O3. The van der Waals surface area contributed by atoms with Gasteiger partial charge in [-0.1, -0.05) is 41.1 Å². The van der Waals surface area contributed by atoms with Crippen molar-refractivity contribution in [3.63, 3.8) is 0 Å². The van der Waals surface area contributed by atoms with Crippen LogP contribution < -0.4 is 10.1 Å². The number of hydrogen-bond acceptors (Lipinski definition) is 3. The fourth-order valence-electron chi connectivity index (χ4n) is 2.62. The Morgan fingerprint density at radius 2 is 1.79 bits per heavy atom. The van der Waals surface area contributed by atoms with Crippen molar-refractivity contribution >= 4 is 27.7 Å². The second-order valence-electron chi connectivity index (χ2n) is 6.85. The molecule has 2 atom stereocenters. The molecule has 7 heteroatoms. The number of ether oxygens (including phenoxy) is 1. The van der Waals surface area contributed by atoms with E-state index in [1.54, 1.807) is 49.4 Å². The Labute approximate surface area is 179 Å². The predicted octanol–water partition coefficient (Wildman–Crippen LogP) is 4.30. The fourth-order valence-corrected chi connectivity index (χ4v) is 2.88. The molecule has 0 aliphatic carbocycles. The summed E-state index contributed by atoms with van der Waals surface area (Å²) in [5.74, 6) is -0.576. The Morgan fingerprint density at radius 3 is 2.41 bits per heavy atom. The third-order valence-corrected chi connectivity index (χ3v) is 5.17. The molecule has 0 bridgehead atoms. The van der Waals surface area contributed by atoms with Crippen molar-refractivity contribution in [3.05, 3.63) is 64.4 Å². The maximum atomic E-state index is 14.2. The lowest BCUT2D eigenvalue weighted by Gasteiger charge is -2.29. The zero-order valence-electron chi connectivity index (χ0n) is 16.8. The summed E-state index contributed by atoms with van der Waals surface area (Å²) in [6.07, 6.45) is 0.770. The number of carbonyl (C=O) groups is 2. The molecule has 0 saturated heterocycles. The van der Waals surface area contributed by atoms with Gasteiger partial charge >= 0.3 is 0 Å². The summed E-state index contributed by atoms with van der Waals surface area (Å²) in [5.41, 5.74) is 0.340. The summed E-state index contributed by atoms with van der Waals surface area (Å²) < 4.78 is 20.6. The largest absolute Gasteiger partial charge is 0.484 e. The molecule has 0 aliphatic rings. The van der Waals surface area contributed by atoms with Gasteiger partial charge in [0.25, 0.3) is 5.91 Å². The van der Waals surface area contributed by atoms with Crippen LogP contribution in [-0.2, 0) is 16.1 Å². The average Bonchev–Trinajstić information content (AvgIpc) is 2.71. The van der Waals surface area contributed by atoms with E-state index >= 15 is 0 Å². The number of nitrogens with one attached hydrogen (secondary N) is 1. The summed E-state index contributed by atoms with van der Waals surface area (Å²) in [6, 6.07) is 12.5. The van der Waals surface area contributed by atoms with Gasteiger partial charge in [-0.3, -0.25) is 9.59 Å². The molecule has 2 amide bonds. The highest BCUT2D eigenvalue weighted by atomic mass is 79.9. The molecule has 0 aliphatic heterocycles. The number of benzene rings is 2. The van der Waals surface area contributed by atoms with E-state index in [1.807, 2.05) is 13.8 Å². The monoisotopic (exact) mass is 464 g/mol. The van der Waals surface area contributed by atoms with E-state index in [4.69, 9.17) is 4.74 Å². The molecule has 0 spiro atoms. The van der Waals surface area contributed by atoms with E-state index in [2.05, 4.69) is 21.2 Å². The van der Waals surface area contributed by atoms with Gasteiger partial charge in [-0.15, -0.1) is 0 Å². The number of halogens is 2. The normalized spacial score (nSPS) is 12.7. The summed E-state index contributed by atoms with van der Waals surface area (Å²) in [6.45, 7) is 5.21. The van der Waals surface area contributed by atoms with Gasteiger partial charge in [0.05, 0.1) is 0 Å². The molecule has 0 saturated carbocycles. The molecule has 0 heterocycles. The zero-order chi connectivity index (χ0) is 21.4. The van der Waals surface area contributed by atoms with Crippen LogP contribution in [0, 0.1) is 5.82 Å². The lowest BCUT2D eigenvalue weighted by Crippen LogP contribution is -2.50. The Balaban J connectivity index is 2.15. The van der Waals surface area contributed by atoms with E-state index in [0.717, 1.165) is 10.9 Å². The first-order valence-electron chi connectivity index (χ1n) is 9.53. The standard InChI is InChI=1S/C22H26BrFN2O3/c1-4-15(2)25-22(28)16(3)26(13-17-7-5-6-8-20(17)24)21(27)14-29-19-11-9-18(23)10-12-19/h5-12,15-16H,4,13-14H2,1-3H3,(H,25,28)/t15-,16+/m0/s1. The topological polar surface area (TPSA) is 58.6 Å². The van der Waals surface area contributed by atoms with Gasteiger partial charge in [0.1, 0.15) is 17.6 Å². The molecule has 0 radical (unpaired) electrons. The number of rotatable bonds is 9. The SMILES string of the molecule is CC[C@H](C)NC(=O)[C@@H](C)N(Cc1ccccc1F)C(=O)COc1ccc(Br)cc1. The van der Waals surface area contributed by atoms with Gasteiger partial charge in [-0.05, 0) is 50.6 Å². The average molecular weight is 465 g/mol. The van der Waals surface area contributed by atoms with Crippen LogP contribution in [0.15, 0.2) is 53.0 Å². The minimum Gasteiger partial charge on any atom is -0.484 e. The van der Waals surface area contributed by atoms with Crippen LogP contribution >= 0.6 is 15.9 Å². The van der Waals surface area contributed by atoms with Gasteiger partial charge in [-0.2, -0.15) is 0 Å². The van der Waals surface area contributed by atoms with Crippen molar-refractivity contribution in [2.75, 3.05) is 6.61 Å². The molecule has 0 aromatic heterocycles. The van der Waals surface area contributed by atoms with Gasteiger partial charge < -0.3 is 15.0 Å². The molecular weight excluding hydrogens is 439 g/mol. The smallest absolute Gasteiger partial charge is 0.261 e. The minimum absolute atomic E-state index is 0.0191. The van der Waals surface area contributed by atoms with Crippen LogP contribution in [0.4, 0.5) is 4.39 Å². The van der Waals surface area contributed by atoms with E-state index in [9.17, 15) is 14.0 Å². The van der Waals surface area contributed by atoms with Crippen molar-refractivity contribution in [3.8, 4) is 5.75 Å². The van der Waals surface area contributed by atoms with Gasteiger partial charge in [0, 0.05) is 22.6 Å². The minimum atomic E-state index is -0.773. The quantitative estimate of drug-likeness (QED) is 0.601. The molecule has 0 unspecified atom stereocenters. The van der Waals surface area contributed by atoms with Crippen molar-refractivity contribution in [2.24, 2.45) is 0 Å². The second kappa shape index (κ2) is 11.0. The lowest BCUT2D eigenvalue weighted by molar-refractivity contribution is -0.142. The van der Waals surface area contributed by atoms with Crippen molar-refractivity contribution in [1.29, 1.82) is 0 Å². The van der Waals surface area contributed by atoms with E-state index in [-0.39, 0.29) is 25.1 Å². The molecule has 2 aromatic carbocycles. The van der Waals surface area contributed by atoms with Crippen LogP contribution in [0.5, 0.6) is 5.75 Å². The predicted molar refractivity (Wildman–Crippen MR) is 114 cm³/mol. The van der Waals surface area contributed by atoms with Crippen molar-refractivity contribution in [1.82, 2.24) is 10.2 Å². The third kappa shape index (κ3) is 6.85. The number of nitrogens with zero attached hydrogens (tertiary/aromatic N) is 1. The summed E-state index contributed by atoms with van der Waals surface area (Å²) in [7, 11) is 0. The number of hydrogen-bond donors (Lipinski definition) is 1. The van der Waals surface area contributed by atoms with E-state index < -0.39 is 17.8 Å². The Kier molecular flexibility index (Phi) is 8.64. The van der Waals surface area contributed by atoms with E-state index in [0.29, 0.717) is 11.3 Å². The van der Waals surface area contributed by atoms with Crippen LogP contribution in [-0.4, -0.2) is 35.4 Å². The maximum Gasteiger partial charge on any atom is 0.261 e. The van der Waals surface area contributed by atoms with Crippen LogP contribution in [0.25, 0.3) is 0 Å². The zero-order valence-corrected chi connectivity index (χ0v) is 18.4. The summed E-state index contributed by atoms with van der Waals surface area (Å²) in [4.78, 5) is 26.8. The van der Waals surface area contributed by atoms with Gasteiger partial charge in [0.15, 0.2) is 6.61 Å². The third-order valence-electron chi connectivity index (χ3n) is 4.64. The molecule has 2 rings (SSSR count). The fraction of sp³-hybridized carbons (Fsp3) is 0.364. The molecule has 1 N–H and O–H groups in total. The van der Waals surface area contributed by atoms with Crippen molar-refractivity contribution < 1.29 is 18.7 Å². The molecule has 2 aromatic rings. The van der Waals surface area contributed by atoms with Crippen molar-refractivity contribution in [2.45, 2.75) is 45.8 Å². The Hall–Kier alpha value is -2.41. The lowest BCUT2D eigenvalue weighted by atomic mass is 10.1. The summed E-state index contributed by atoms with van der Waals surface area (Å²) in [5, 5.41) is 2.87. The Bertz CT molecular complexity index is 829. The number of carbonyl (C=O) groups excluding carboxylic acids is 2. The van der Waals surface area contributed by atoms with Crippen LogP contribution in [0.1, 0.15) is 32.8 Å². The second-order valence-corrected chi connectivity index (χ2v) is 7.77. The highest BCUT2D eigenvalue weighted by molar-refractivity contribution is 9.10. The maximum absolute atomic E-state index is 14.2. The molecule has 29 heavy (non-hydrogen) atoms. The molecule has 156 valence electrons. The highest BCUT2D eigenvalue weighted by Gasteiger charge is 2.27. The van der Waals surface area contributed by atoms with Gasteiger partial charge in [0.2, 0.25) is 5.91 Å². The first kappa shape index (κ1) is 22.9. The summed E-state index contributed by atoms with van der Waals surface area (Å²) >= 11 is 3.34. The highest BCUT2D eigenvalue weighted by Crippen LogP contribution is 2.17. The first-order chi connectivity index (χ1) is 13.8. The first-order valence-corrected chi connectivity index (χ1v) is 10.3. The van der Waals surface area contributed by atoms with Gasteiger partial charge in [-0.25, -0.2) is 4.39 Å². The molecule has 0 fully saturated rings. The van der Waals surface area contributed by atoms with Crippen LogP contribution in [0.2, 0.25) is 0 Å². The van der Waals surface area contributed by atoms with Crippen LogP contribution in [0.3, 0.4) is 0 Å². The van der Waals surface area contributed by atoms with E-state index in [1.165, 1.54) is 11.0 Å². The Morgan fingerprint density at radius 1 is 1.14 bits per heavy atom.